The van der Waals surface area contributed by atoms with Crippen molar-refractivity contribution in [1.29, 1.82) is 0 Å². The zero-order valence-electron chi connectivity index (χ0n) is 28.2. The van der Waals surface area contributed by atoms with E-state index in [1.165, 1.54) is 0 Å². The summed E-state index contributed by atoms with van der Waals surface area (Å²) in [7, 11) is 0. The van der Waals surface area contributed by atoms with Gasteiger partial charge in [0.15, 0.2) is 0 Å². The van der Waals surface area contributed by atoms with E-state index in [0.29, 0.717) is 0 Å². The van der Waals surface area contributed by atoms with Crippen molar-refractivity contribution in [3.8, 4) is 0 Å². The Hall–Kier alpha value is 0.843. The molecule has 2 nitrogen and oxygen atoms in total. The van der Waals surface area contributed by atoms with Crippen LogP contribution in [0.4, 0.5) is 0 Å². The van der Waals surface area contributed by atoms with Gasteiger partial charge in [0.1, 0.15) is 0 Å². The van der Waals surface area contributed by atoms with E-state index in [1.54, 1.807) is 0 Å². The molecule has 0 heterocycles. The van der Waals surface area contributed by atoms with E-state index < -0.39 is 62.0 Å². The van der Waals surface area contributed by atoms with Crippen molar-refractivity contribution in [2.75, 3.05) is 26.0 Å². The van der Waals surface area contributed by atoms with Crippen LogP contribution in [0.3, 0.4) is 0 Å². The molecule has 0 aromatic carbocycles. The maximum Gasteiger partial charge on any atom is 2.00 e. The maximum atomic E-state index is 7.39. The number of rotatable bonds is 4. The molecule has 0 fully saturated rings. The minimum absolute atomic E-state index is 0. The fourth-order valence-electron chi connectivity index (χ4n) is 0.238. The molecule has 17 heavy (non-hydrogen) atoms. The van der Waals surface area contributed by atoms with Gasteiger partial charge < -0.3 is 59.5 Å². The summed E-state index contributed by atoms with van der Waals surface area (Å²) in [5.74, 6) is 0. The molecule has 0 radical (unpaired) electrons. The van der Waals surface area contributed by atoms with Crippen LogP contribution in [0.2, 0.25) is 0 Å². The van der Waals surface area contributed by atoms with Crippen molar-refractivity contribution in [1.82, 2.24) is 9.80 Å². The zero-order valence-corrected chi connectivity index (χ0v) is 14.5. The molecule has 0 aliphatic rings. The second kappa shape index (κ2) is 14.9. The summed E-state index contributed by atoms with van der Waals surface area (Å²) in [6.07, 6.45) is 0. The Morgan fingerprint density at radius 3 is 1.29 bits per heavy atom. The van der Waals surface area contributed by atoms with Gasteiger partial charge in [0, 0.05) is 53.4 Å². The predicted octanol–water partition coefficient (Wildman–Crippen LogP) is 2.32. The molecular weight excluding hydrogens is 342 g/mol. The van der Waals surface area contributed by atoms with Crippen molar-refractivity contribution < 1.29 is 46.9 Å². The van der Waals surface area contributed by atoms with Crippen LogP contribution in [0.1, 0.15) is 54.8 Å². The molecule has 0 rings (SSSR count). The molecule has 0 atom stereocenters. The molecular formula is C10H20N2S4Zn. The van der Waals surface area contributed by atoms with Gasteiger partial charge in [-0.05, 0) is 27.4 Å². The molecule has 0 saturated carbocycles. The summed E-state index contributed by atoms with van der Waals surface area (Å²) in [6.45, 7) is -26.6. The summed E-state index contributed by atoms with van der Waals surface area (Å²) in [6, 6.07) is 0. The number of thiocarbonyl (C=S) groups is 2. The van der Waals surface area contributed by atoms with Gasteiger partial charge in [-0.2, -0.15) is 0 Å². The van der Waals surface area contributed by atoms with Gasteiger partial charge in [-0.15, -0.1) is 0 Å². The van der Waals surface area contributed by atoms with Gasteiger partial charge in [0.05, 0.1) is 0 Å². The number of hydrogen-bond acceptors (Lipinski definition) is 4. The standard InChI is InChI=1S/2C5H11NS2.Zn/c2*1-3-6(4-2)5(7)8;/h2*3-4H2,1-2H3,(H,7,8);/q;;+2/p-2/i2*1D3,2D3,3D2,4D2;. The van der Waals surface area contributed by atoms with Crippen LogP contribution >= 0.6 is 24.4 Å². The number of hydrogen-bond donors (Lipinski definition) is 0. The van der Waals surface area contributed by atoms with Crippen molar-refractivity contribution in [2.45, 2.75) is 27.4 Å². The van der Waals surface area contributed by atoms with Crippen molar-refractivity contribution in [2.24, 2.45) is 0 Å². The summed E-state index contributed by atoms with van der Waals surface area (Å²) in [5.41, 5.74) is 0. The van der Waals surface area contributed by atoms with Crippen LogP contribution in [-0.2, 0) is 44.7 Å². The van der Waals surface area contributed by atoms with Crippen LogP contribution in [0.15, 0.2) is 0 Å². The maximum absolute atomic E-state index is 7.39. The molecule has 0 saturated heterocycles. The van der Waals surface area contributed by atoms with Gasteiger partial charge in [0.2, 0.25) is 0 Å². The Morgan fingerprint density at radius 2 is 1.18 bits per heavy atom. The summed E-state index contributed by atoms with van der Waals surface area (Å²) in [4.78, 5) is -0.407. The molecule has 0 aliphatic carbocycles. The molecule has 0 N–H and O–H groups in total. The van der Waals surface area contributed by atoms with Crippen LogP contribution in [-0.4, -0.2) is 44.4 Å². The molecule has 0 aromatic heterocycles. The van der Waals surface area contributed by atoms with Crippen molar-refractivity contribution in [3.63, 3.8) is 0 Å². The molecule has 0 unspecified atom stereocenters. The monoisotopic (exact) mass is 380 g/mol. The second-order valence-corrected chi connectivity index (χ2v) is 3.71. The first kappa shape index (κ1) is 4.17. The Bertz CT molecular complexity index is 681. The van der Waals surface area contributed by atoms with Crippen molar-refractivity contribution >= 4 is 58.3 Å². The first-order valence-electron chi connectivity index (χ1n) is 13.2. The topological polar surface area (TPSA) is 6.48 Å². The predicted molar refractivity (Wildman–Crippen MR) is 85.8 cm³/mol. The fraction of sp³-hybridized carbons (Fsp3) is 0.800. The Balaban J connectivity index is -0.000000608. The van der Waals surface area contributed by atoms with Gasteiger partial charge in [0.25, 0.3) is 0 Å². The molecule has 0 aliphatic heterocycles. The smallest absolute Gasteiger partial charge is 0.411 e. The van der Waals surface area contributed by atoms with Gasteiger partial charge in [-0.1, -0.05) is 8.64 Å². The summed E-state index contributed by atoms with van der Waals surface area (Å²) < 4.78 is 141. The third kappa shape index (κ3) is 13.1. The van der Waals surface area contributed by atoms with E-state index in [2.05, 4.69) is 49.7 Å². The minimum Gasteiger partial charge on any atom is -0.411 e. The second-order valence-electron chi connectivity index (χ2n) is 1.65. The van der Waals surface area contributed by atoms with E-state index in [-0.39, 0.29) is 29.3 Å². The largest absolute Gasteiger partial charge is 2.00 e. The van der Waals surface area contributed by atoms with Crippen LogP contribution in [0.25, 0.3) is 0 Å². The third-order valence-electron chi connectivity index (χ3n) is 0.812. The molecule has 0 amide bonds. The van der Waals surface area contributed by atoms with Crippen LogP contribution in [0, 0.1) is 0 Å². The third-order valence-corrected chi connectivity index (χ3v) is 1.54. The average Bonchev–Trinajstić information content (AvgIpc) is 2.48. The Labute approximate surface area is 169 Å². The van der Waals surface area contributed by atoms with Gasteiger partial charge in [-0.25, -0.2) is 0 Å². The molecule has 0 aromatic rings. The molecule has 96 valence electrons. The van der Waals surface area contributed by atoms with E-state index in [0.717, 1.165) is 0 Å². The first-order valence-corrected chi connectivity index (χ1v) is 4.79. The van der Waals surface area contributed by atoms with E-state index in [4.69, 9.17) is 27.4 Å². The zero-order chi connectivity index (χ0) is 30.3. The molecule has 0 bridgehead atoms. The van der Waals surface area contributed by atoms with Crippen LogP contribution in [0.5, 0.6) is 0 Å². The quantitative estimate of drug-likeness (QED) is 0.416. The van der Waals surface area contributed by atoms with E-state index in [9.17, 15) is 0 Å². The fourth-order valence-corrected chi connectivity index (χ4v) is 0.604. The molecule has 7 heteroatoms. The molecule has 0 spiro atoms. The van der Waals surface area contributed by atoms with E-state index >= 15 is 0 Å². The Morgan fingerprint density at radius 1 is 0.941 bits per heavy atom. The summed E-state index contributed by atoms with van der Waals surface area (Å²) >= 11 is 17.6. The number of nitrogens with zero attached hydrogens (tertiary/aromatic N) is 2. The average molecular weight is 382 g/mol. The minimum atomic E-state index is -3.33. The van der Waals surface area contributed by atoms with Gasteiger partial charge >= 0.3 is 19.5 Å². The van der Waals surface area contributed by atoms with Crippen molar-refractivity contribution in [3.05, 3.63) is 0 Å². The Kier molecular flexibility index (Phi) is 3.66. The summed E-state index contributed by atoms with van der Waals surface area (Å²) in [5, 5.41) is 0. The van der Waals surface area contributed by atoms with Crippen LogP contribution < -0.4 is 0 Å². The first-order chi connectivity index (χ1) is 15.1. The normalized spacial score (nSPS) is 32.0. The van der Waals surface area contributed by atoms with E-state index in [1.807, 2.05) is 0 Å². The van der Waals surface area contributed by atoms with Gasteiger partial charge in [-0.3, -0.25) is 0 Å². The SMILES string of the molecule is [2H]C([2H])([2H])C([2H])([2H])N(C(=S)[S-])C([2H])([2H])C([2H])([2H])[2H].[2H]C([2H])([2H])C([2H])([2H])N(C(=S)[S-])C([2H])([2H])C([2H])([2H])[2H].[Zn+2].